The summed E-state index contributed by atoms with van der Waals surface area (Å²) < 4.78 is 1.82. The lowest BCUT2D eigenvalue weighted by Gasteiger charge is -2.19. The third-order valence-corrected chi connectivity index (χ3v) is 4.53. The molecule has 1 aromatic carbocycles. The van der Waals surface area contributed by atoms with Gasteiger partial charge in [-0.05, 0) is 12.5 Å². The highest BCUT2D eigenvalue weighted by Crippen LogP contribution is 2.36. The van der Waals surface area contributed by atoms with Crippen LogP contribution in [-0.2, 0) is 11.3 Å². The van der Waals surface area contributed by atoms with E-state index in [1.54, 1.807) is 11.8 Å². The van der Waals surface area contributed by atoms with Crippen molar-refractivity contribution in [3.63, 3.8) is 0 Å². The molecule has 0 bridgehead atoms. The van der Waals surface area contributed by atoms with Gasteiger partial charge in [-0.1, -0.05) is 35.5 Å². The number of benzene rings is 1. The van der Waals surface area contributed by atoms with Gasteiger partial charge in [-0.3, -0.25) is 4.79 Å². The smallest absolute Gasteiger partial charge is 0.233 e. The molecule has 6 heteroatoms. The molecule has 1 saturated heterocycles. The fraction of sp³-hybridized carbons (Fsp3) is 0.357. The monoisotopic (exact) mass is 288 g/mol. The Hall–Kier alpha value is -1.82. The molecule has 1 amide bonds. The van der Waals surface area contributed by atoms with Gasteiger partial charge in [0.05, 0.1) is 18.5 Å². The Balaban J connectivity index is 1.75. The second kappa shape index (κ2) is 5.66. The fourth-order valence-electron chi connectivity index (χ4n) is 2.32. The zero-order chi connectivity index (χ0) is 13.9. The largest absolute Gasteiger partial charge is 0.324 e. The molecule has 104 valence electrons. The normalized spacial score (nSPS) is 18.8. The quantitative estimate of drug-likeness (QED) is 0.862. The minimum absolute atomic E-state index is 0.0111. The van der Waals surface area contributed by atoms with Gasteiger partial charge in [0, 0.05) is 6.54 Å². The molecule has 0 N–H and O–H groups in total. The lowest BCUT2D eigenvalue weighted by molar-refractivity contribution is -0.127. The van der Waals surface area contributed by atoms with E-state index in [9.17, 15) is 4.79 Å². The molecule has 1 fully saturated rings. The average molecular weight is 288 g/mol. The Kier molecular flexibility index (Phi) is 3.73. The van der Waals surface area contributed by atoms with Gasteiger partial charge in [-0.25, -0.2) is 4.68 Å². The second-order valence-electron chi connectivity index (χ2n) is 4.67. The standard InChI is InChI=1S/C14H16N4OS/c1-2-18-13(19)10-20-14(18)12-9-17(16-15-12)8-11-6-4-3-5-7-11/h3-7,9,14H,2,8,10H2,1H3/t14-/m1/s1. The Morgan fingerprint density at radius 1 is 1.35 bits per heavy atom. The van der Waals surface area contributed by atoms with E-state index in [-0.39, 0.29) is 11.3 Å². The summed E-state index contributed by atoms with van der Waals surface area (Å²) >= 11 is 1.62. The third kappa shape index (κ3) is 2.56. The summed E-state index contributed by atoms with van der Waals surface area (Å²) in [6.45, 7) is 3.40. The van der Waals surface area contributed by atoms with Crippen LogP contribution in [0.4, 0.5) is 0 Å². The van der Waals surface area contributed by atoms with Gasteiger partial charge in [-0.2, -0.15) is 0 Å². The molecule has 0 aliphatic carbocycles. The van der Waals surface area contributed by atoms with Crippen LogP contribution in [-0.4, -0.2) is 38.1 Å². The topological polar surface area (TPSA) is 51.0 Å². The van der Waals surface area contributed by atoms with E-state index in [4.69, 9.17) is 0 Å². The highest BCUT2D eigenvalue weighted by Gasteiger charge is 2.33. The van der Waals surface area contributed by atoms with Crippen molar-refractivity contribution in [1.29, 1.82) is 0 Å². The van der Waals surface area contributed by atoms with Crippen LogP contribution in [0.25, 0.3) is 0 Å². The first-order chi connectivity index (χ1) is 9.78. The summed E-state index contributed by atoms with van der Waals surface area (Å²) in [5.74, 6) is 0.712. The first-order valence-electron chi connectivity index (χ1n) is 6.63. The number of thioether (sulfide) groups is 1. The summed E-state index contributed by atoms with van der Waals surface area (Å²) in [5, 5.41) is 8.40. The number of amides is 1. The van der Waals surface area contributed by atoms with Crippen molar-refractivity contribution < 1.29 is 4.79 Å². The molecule has 0 radical (unpaired) electrons. The Morgan fingerprint density at radius 3 is 2.90 bits per heavy atom. The van der Waals surface area contributed by atoms with Gasteiger partial charge < -0.3 is 4.90 Å². The molecular formula is C14H16N4OS. The van der Waals surface area contributed by atoms with Crippen LogP contribution in [0.15, 0.2) is 36.5 Å². The summed E-state index contributed by atoms with van der Waals surface area (Å²) in [4.78, 5) is 13.6. The highest BCUT2D eigenvalue weighted by atomic mass is 32.2. The summed E-state index contributed by atoms with van der Waals surface area (Å²) in [6.07, 6.45) is 1.94. The van der Waals surface area contributed by atoms with Crippen LogP contribution < -0.4 is 0 Å². The van der Waals surface area contributed by atoms with Crippen molar-refractivity contribution in [3.8, 4) is 0 Å². The van der Waals surface area contributed by atoms with Crippen LogP contribution in [0.3, 0.4) is 0 Å². The third-order valence-electron chi connectivity index (χ3n) is 3.31. The number of carbonyl (C=O) groups is 1. The lowest BCUT2D eigenvalue weighted by atomic mass is 10.2. The first-order valence-corrected chi connectivity index (χ1v) is 7.68. The van der Waals surface area contributed by atoms with Crippen molar-refractivity contribution in [2.75, 3.05) is 12.3 Å². The van der Waals surface area contributed by atoms with Crippen LogP contribution in [0.2, 0.25) is 0 Å². The molecule has 0 spiro atoms. The average Bonchev–Trinajstić information content (AvgIpc) is 3.06. The molecule has 0 saturated carbocycles. The van der Waals surface area contributed by atoms with E-state index >= 15 is 0 Å². The lowest BCUT2D eigenvalue weighted by Crippen LogP contribution is -2.27. The van der Waals surface area contributed by atoms with Crippen LogP contribution >= 0.6 is 11.8 Å². The van der Waals surface area contributed by atoms with Gasteiger partial charge in [-0.15, -0.1) is 16.9 Å². The van der Waals surface area contributed by atoms with E-state index in [1.165, 1.54) is 5.56 Å². The van der Waals surface area contributed by atoms with Crippen LogP contribution in [0.1, 0.15) is 23.6 Å². The molecule has 2 heterocycles. The van der Waals surface area contributed by atoms with Gasteiger partial charge in [0.15, 0.2) is 0 Å². The van der Waals surface area contributed by atoms with Crippen molar-refractivity contribution in [1.82, 2.24) is 19.9 Å². The molecular weight excluding hydrogens is 272 g/mol. The van der Waals surface area contributed by atoms with E-state index < -0.39 is 0 Å². The predicted molar refractivity (Wildman–Crippen MR) is 78.2 cm³/mol. The molecule has 1 aromatic heterocycles. The summed E-state index contributed by atoms with van der Waals surface area (Å²) in [6, 6.07) is 10.1. The number of rotatable bonds is 4. The molecule has 1 aliphatic rings. The fourth-order valence-corrected chi connectivity index (χ4v) is 3.51. The maximum absolute atomic E-state index is 11.7. The minimum atomic E-state index is 0.0111. The molecule has 1 aliphatic heterocycles. The maximum Gasteiger partial charge on any atom is 0.233 e. The maximum atomic E-state index is 11.7. The van der Waals surface area contributed by atoms with Crippen LogP contribution in [0.5, 0.6) is 0 Å². The van der Waals surface area contributed by atoms with Crippen molar-refractivity contribution >= 4 is 17.7 Å². The zero-order valence-electron chi connectivity index (χ0n) is 11.3. The second-order valence-corrected chi connectivity index (χ2v) is 5.74. The Labute approximate surface area is 122 Å². The van der Waals surface area contributed by atoms with E-state index in [2.05, 4.69) is 22.4 Å². The number of aromatic nitrogens is 3. The minimum Gasteiger partial charge on any atom is -0.324 e. The highest BCUT2D eigenvalue weighted by molar-refractivity contribution is 8.00. The molecule has 3 rings (SSSR count). The number of hydrogen-bond acceptors (Lipinski definition) is 4. The number of nitrogens with zero attached hydrogens (tertiary/aromatic N) is 4. The summed E-state index contributed by atoms with van der Waals surface area (Å²) in [5.41, 5.74) is 2.05. The van der Waals surface area contributed by atoms with Crippen LogP contribution in [0, 0.1) is 0 Å². The molecule has 5 nitrogen and oxygen atoms in total. The zero-order valence-corrected chi connectivity index (χ0v) is 12.1. The van der Waals surface area contributed by atoms with E-state index in [1.807, 2.05) is 40.9 Å². The number of carbonyl (C=O) groups excluding carboxylic acids is 1. The van der Waals surface area contributed by atoms with Gasteiger partial charge in [0.25, 0.3) is 0 Å². The van der Waals surface area contributed by atoms with Gasteiger partial charge in [0.1, 0.15) is 11.1 Å². The Bertz CT molecular complexity index is 598. The molecule has 0 unspecified atom stereocenters. The van der Waals surface area contributed by atoms with E-state index in [0.29, 0.717) is 18.8 Å². The Morgan fingerprint density at radius 2 is 2.15 bits per heavy atom. The molecule has 1 atom stereocenters. The predicted octanol–water partition coefficient (Wildman–Crippen LogP) is 1.92. The number of hydrogen-bond donors (Lipinski definition) is 0. The van der Waals surface area contributed by atoms with Crippen molar-refractivity contribution in [2.45, 2.75) is 18.8 Å². The SMILES string of the molecule is CCN1C(=O)CS[C@@H]1c1cn(Cc2ccccc2)nn1. The molecule has 20 heavy (non-hydrogen) atoms. The van der Waals surface area contributed by atoms with Gasteiger partial charge >= 0.3 is 0 Å². The first kappa shape index (κ1) is 13.2. The van der Waals surface area contributed by atoms with Gasteiger partial charge in [0.2, 0.25) is 5.91 Å². The molecule has 2 aromatic rings. The van der Waals surface area contributed by atoms with Crippen molar-refractivity contribution in [3.05, 3.63) is 47.8 Å². The van der Waals surface area contributed by atoms with E-state index in [0.717, 1.165) is 5.69 Å². The van der Waals surface area contributed by atoms with Crippen molar-refractivity contribution in [2.24, 2.45) is 0 Å². The summed E-state index contributed by atoms with van der Waals surface area (Å²) in [7, 11) is 0.